The van der Waals surface area contributed by atoms with Crippen molar-refractivity contribution in [1.29, 1.82) is 0 Å². The summed E-state index contributed by atoms with van der Waals surface area (Å²) in [4.78, 5) is 0. The van der Waals surface area contributed by atoms with Crippen LogP contribution in [0.5, 0.6) is 0 Å². The van der Waals surface area contributed by atoms with E-state index in [1.165, 1.54) is 23.7 Å². The maximum absolute atomic E-state index is 2.51. The molecule has 0 saturated heterocycles. The highest BCUT2D eigenvalue weighted by Crippen LogP contribution is 2.41. The van der Waals surface area contributed by atoms with E-state index in [1.807, 2.05) is 0 Å². The average Bonchev–Trinajstić information content (AvgIpc) is 2.10. The van der Waals surface area contributed by atoms with Gasteiger partial charge >= 0.3 is 0 Å². The van der Waals surface area contributed by atoms with Crippen LogP contribution in [0.1, 0.15) is 33.1 Å². The first-order valence-corrected chi connectivity index (χ1v) is 5.22. The van der Waals surface area contributed by atoms with Crippen molar-refractivity contribution in [2.75, 3.05) is 4.43 Å². The van der Waals surface area contributed by atoms with Gasteiger partial charge in [0.05, 0.1) is 0 Å². The lowest BCUT2D eigenvalue weighted by molar-refractivity contribution is 0.368. The Bertz CT molecular complexity index is 96.7. The van der Waals surface area contributed by atoms with E-state index in [4.69, 9.17) is 0 Å². The van der Waals surface area contributed by atoms with Crippen LogP contribution < -0.4 is 0 Å². The Morgan fingerprint density at radius 3 is 2.44 bits per heavy atom. The molecule has 1 saturated carbocycles. The van der Waals surface area contributed by atoms with Gasteiger partial charge < -0.3 is 0 Å². The topological polar surface area (TPSA) is 0 Å². The van der Waals surface area contributed by atoms with Gasteiger partial charge in [-0.15, -0.1) is 0 Å². The molecule has 1 heteroatoms. The Morgan fingerprint density at radius 2 is 2.22 bits per heavy atom. The third-order valence-corrected chi connectivity index (χ3v) is 3.53. The molecule has 0 aromatic rings. The molecule has 1 rings (SSSR count). The number of hydrogen-bond donors (Lipinski definition) is 0. The second-order valence-electron chi connectivity index (χ2n) is 3.93. The van der Waals surface area contributed by atoms with Gasteiger partial charge in [-0.25, -0.2) is 0 Å². The molecule has 1 atom stereocenters. The molecule has 54 valence electrons. The lowest BCUT2D eigenvalue weighted by Crippen LogP contribution is -2.05. The highest BCUT2D eigenvalue weighted by molar-refractivity contribution is 14.1. The predicted molar refractivity (Wildman–Crippen MR) is 50.0 cm³/mol. The average molecular weight is 238 g/mol. The summed E-state index contributed by atoms with van der Waals surface area (Å²) in [7, 11) is 0. The molecule has 1 aliphatic rings. The fourth-order valence-electron chi connectivity index (χ4n) is 1.71. The normalized spacial score (nSPS) is 33.0. The number of hydrogen-bond acceptors (Lipinski definition) is 0. The molecule has 1 fully saturated rings. The Labute approximate surface area is 71.5 Å². The summed E-state index contributed by atoms with van der Waals surface area (Å²) in [6, 6.07) is 0. The largest absolute Gasteiger partial charge is 0.0861 e. The molecule has 0 radical (unpaired) electrons. The molecule has 0 heterocycles. The van der Waals surface area contributed by atoms with Gasteiger partial charge in [-0.2, -0.15) is 0 Å². The molecule has 0 aromatic heterocycles. The van der Waals surface area contributed by atoms with E-state index in [1.54, 1.807) is 0 Å². The van der Waals surface area contributed by atoms with Gasteiger partial charge in [0.15, 0.2) is 0 Å². The van der Waals surface area contributed by atoms with E-state index in [0.29, 0.717) is 5.41 Å². The van der Waals surface area contributed by atoms with Crippen molar-refractivity contribution in [3.05, 3.63) is 0 Å². The summed E-state index contributed by atoms with van der Waals surface area (Å²) in [6.45, 7) is 4.78. The maximum Gasteiger partial charge on any atom is 0.00239 e. The summed E-state index contributed by atoms with van der Waals surface area (Å²) < 4.78 is 1.36. The first kappa shape index (κ1) is 7.83. The molecule has 0 spiro atoms. The van der Waals surface area contributed by atoms with E-state index in [2.05, 4.69) is 36.4 Å². The van der Waals surface area contributed by atoms with Gasteiger partial charge in [-0.05, 0) is 30.6 Å². The van der Waals surface area contributed by atoms with Crippen LogP contribution in [0, 0.1) is 11.3 Å². The SMILES string of the molecule is CC1(C)CC[C@H](CI)C1. The molecule has 0 nitrogen and oxygen atoms in total. The summed E-state index contributed by atoms with van der Waals surface area (Å²) in [5, 5.41) is 0. The third kappa shape index (κ3) is 2.10. The zero-order valence-corrected chi connectivity index (χ0v) is 8.44. The van der Waals surface area contributed by atoms with Crippen molar-refractivity contribution < 1.29 is 0 Å². The molecule has 0 aromatic carbocycles. The van der Waals surface area contributed by atoms with Crippen molar-refractivity contribution in [1.82, 2.24) is 0 Å². The summed E-state index contributed by atoms with van der Waals surface area (Å²) in [6.07, 6.45) is 4.37. The first-order chi connectivity index (χ1) is 4.14. The molecular weight excluding hydrogens is 223 g/mol. The summed E-state index contributed by atoms with van der Waals surface area (Å²) >= 11 is 2.51. The Balaban J connectivity index is 2.38. The van der Waals surface area contributed by atoms with Gasteiger partial charge in [-0.1, -0.05) is 36.4 Å². The monoisotopic (exact) mass is 238 g/mol. The van der Waals surface area contributed by atoms with Crippen LogP contribution in [0.3, 0.4) is 0 Å². The van der Waals surface area contributed by atoms with Crippen molar-refractivity contribution in [3.63, 3.8) is 0 Å². The molecule has 0 amide bonds. The van der Waals surface area contributed by atoms with Gasteiger partial charge in [0.1, 0.15) is 0 Å². The van der Waals surface area contributed by atoms with Crippen LogP contribution in [0.2, 0.25) is 0 Å². The Kier molecular flexibility index (Phi) is 2.41. The minimum absolute atomic E-state index is 0.663. The zero-order valence-electron chi connectivity index (χ0n) is 6.28. The quantitative estimate of drug-likeness (QED) is 0.486. The van der Waals surface area contributed by atoms with Crippen LogP contribution in [0.15, 0.2) is 0 Å². The predicted octanol–water partition coefficient (Wildman–Crippen LogP) is 3.25. The van der Waals surface area contributed by atoms with Crippen molar-refractivity contribution in [2.24, 2.45) is 11.3 Å². The van der Waals surface area contributed by atoms with Crippen molar-refractivity contribution >= 4 is 22.6 Å². The van der Waals surface area contributed by atoms with E-state index in [9.17, 15) is 0 Å². The number of rotatable bonds is 1. The minimum Gasteiger partial charge on any atom is -0.0861 e. The smallest absolute Gasteiger partial charge is 0.00239 e. The lowest BCUT2D eigenvalue weighted by atomic mass is 9.91. The molecule has 0 bridgehead atoms. The van der Waals surface area contributed by atoms with Crippen LogP contribution in [-0.4, -0.2) is 4.43 Å². The van der Waals surface area contributed by atoms with Gasteiger partial charge in [0, 0.05) is 4.43 Å². The van der Waals surface area contributed by atoms with E-state index >= 15 is 0 Å². The van der Waals surface area contributed by atoms with E-state index < -0.39 is 0 Å². The third-order valence-electron chi connectivity index (χ3n) is 2.29. The van der Waals surface area contributed by atoms with Crippen LogP contribution in [0.4, 0.5) is 0 Å². The van der Waals surface area contributed by atoms with Gasteiger partial charge in [0.2, 0.25) is 0 Å². The van der Waals surface area contributed by atoms with Gasteiger partial charge in [0.25, 0.3) is 0 Å². The Morgan fingerprint density at radius 1 is 1.56 bits per heavy atom. The van der Waals surface area contributed by atoms with E-state index in [0.717, 1.165) is 5.92 Å². The van der Waals surface area contributed by atoms with Crippen LogP contribution in [-0.2, 0) is 0 Å². The summed E-state index contributed by atoms with van der Waals surface area (Å²) in [5.74, 6) is 1.03. The lowest BCUT2D eigenvalue weighted by Gasteiger charge is -2.15. The minimum atomic E-state index is 0.663. The van der Waals surface area contributed by atoms with E-state index in [-0.39, 0.29) is 0 Å². The van der Waals surface area contributed by atoms with Gasteiger partial charge in [-0.3, -0.25) is 0 Å². The second kappa shape index (κ2) is 2.77. The number of halogens is 1. The molecule has 0 aliphatic heterocycles. The summed E-state index contributed by atoms with van der Waals surface area (Å²) in [5.41, 5.74) is 0.663. The molecule has 1 aliphatic carbocycles. The van der Waals surface area contributed by atoms with Crippen molar-refractivity contribution in [3.8, 4) is 0 Å². The van der Waals surface area contributed by atoms with Crippen LogP contribution >= 0.6 is 22.6 Å². The molecular formula is C8H15I. The Hall–Kier alpha value is 0.730. The zero-order chi connectivity index (χ0) is 6.91. The number of alkyl halides is 1. The second-order valence-corrected chi connectivity index (χ2v) is 4.81. The maximum atomic E-state index is 2.51. The van der Waals surface area contributed by atoms with Crippen LogP contribution in [0.25, 0.3) is 0 Å². The standard InChI is InChI=1S/C8H15I/c1-8(2)4-3-7(5-8)6-9/h7H,3-6H2,1-2H3/t7-/m0/s1. The fourth-order valence-corrected chi connectivity index (χ4v) is 2.46. The highest BCUT2D eigenvalue weighted by Gasteiger charge is 2.29. The molecule has 9 heavy (non-hydrogen) atoms. The first-order valence-electron chi connectivity index (χ1n) is 3.70. The highest BCUT2D eigenvalue weighted by atomic mass is 127. The molecule has 0 unspecified atom stereocenters. The molecule has 0 N–H and O–H groups in total. The fraction of sp³-hybridized carbons (Fsp3) is 1.00. The van der Waals surface area contributed by atoms with Crippen molar-refractivity contribution in [2.45, 2.75) is 33.1 Å².